The first-order valence-corrected chi connectivity index (χ1v) is 10.4. The quantitative estimate of drug-likeness (QED) is 0.649. The SMILES string of the molecule is C=CC(=O)Nc1ncc(CN2CCC(C(=O)NCc3ccc(OC)cc3)CC2)s1. The van der Waals surface area contributed by atoms with E-state index in [1.54, 1.807) is 13.3 Å². The Balaban J connectivity index is 1.40. The molecule has 0 saturated carbocycles. The molecule has 0 bridgehead atoms. The second kappa shape index (κ2) is 10.2. The van der Waals surface area contributed by atoms with Crippen LogP contribution in [0.4, 0.5) is 5.13 Å². The molecular weight excluding hydrogens is 388 g/mol. The number of nitrogens with zero attached hydrogens (tertiary/aromatic N) is 2. The van der Waals surface area contributed by atoms with E-state index in [9.17, 15) is 9.59 Å². The number of likely N-dealkylation sites (tertiary alicyclic amines) is 1. The number of hydrogen-bond acceptors (Lipinski definition) is 6. The molecule has 3 rings (SSSR count). The minimum Gasteiger partial charge on any atom is -0.497 e. The van der Waals surface area contributed by atoms with Gasteiger partial charge in [0.15, 0.2) is 5.13 Å². The zero-order valence-electron chi connectivity index (χ0n) is 16.5. The van der Waals surface area contributed by atoms with Crippen molar-refractivity contribution in [1.82, 2.24) is 15.2 Å². The molecule has 0 spiro atoms. The molecule has 2 N–H and O–H groups in total. The molecule has 1 aliphatic heterocycles. The molecule has 2 amide bonds. The molecule has 2 heterocycles. The lowest BCUT2D eigenvalue weighted by Crippen LogP contribution is -2.39. The topological polar surface area (TPSA) is 83.6 Å². The fraction of sp³-hybridized carbons (Fsp3) is 0.381. The predicted molar refractivity (Wildman–Crippen MR) is 114 cm³/mol. The van der Waals surface area contributed by atoms with Gasteiger partial charge < -0.3 is 10.1 Å². The maximum atomic E-state index is 12.5. The maximum absolute atomic E-state index is 12.5. The zero-order chi connectivity index (χ0) is 20.6. The van der Waals surface area contributed by atoms with Crippen LogP contribution in [0.3, 0.4) is 0 Å². The van der Waals surface area contributed by atoms with Gasteiger partial charge in [-0.25, -0.2) is 4.98 Å². The monoisotopic (exact) mass is 414 g/mol. The summed E-state index contributed by atoms with van der Waals surface area (Å²) in [5.74, 6) is 0.719. The summed E-state index contributed by atoms with van der Waals surface area (Å²) in [6.07, 6.45) is 4.70. The Kier molecular flexibility index (Phi) is 7.37. The van der Waals surface area contributed by atoms with Gasteiger partial charge in [0.25, 0.3) is 0 Å². The number of anilines is 1. The molecule has 29 heavy (non-hydrogen) atoms. The van der Waals surface area contributed by atoms with E-state index in [1.807, 2.05) is 24.3 Å². The van der Waals surface area contributed by atoms with Crippen LogP contribution in [0, 0.1) is 5.92 Å². The molecule has 1 aromatic carbocycles. The van der Waals surface area contributed by atoms with Gasteiger partial charge in [-0.15, -0.1) is 11.3 Å². The molecule has 1 aliphatic rings. The highest BCUT2D eigenvalue weighted by Gasteiger charge is 2.25. The minimum absolute atomic E-state index is 0.0494. The average Bonchev–Trinajstić information content (AvgIpc) is 3.19. The Hall–Kier alpha value is -2.71. The number of amides is 2. The Morgan fingerprint density at radius 1 is 1.31 bits per heavy atom. The first-order valence-electron chi connectivity index (χ1n) is 9.58. The predicted octanol–water partition coefficient (Wildman–Crippen LogP) is 2.80. The molecule has 1 fully saturated rings. The Labute approximate surface area is 174 Å². The van der Waals surface area contributed by atoms with Crippen LogP contribution >= 0.6 is 11.3 Å². The Morgan fingerprint density at radius 2 is 2.03 bits per heavy atom. The van der Waals surface area contributed by atoms with Crippen molar-refractivity contribution >= 4 is 28.3 Å². The minimum atomic E-state index is -0.257. The Morgan fingerprint density at radius 3 is 2.69 bits per heavy atom. The lowest BCUT2D eigenvalue weighted by molar-refractivity contribution is -0.126. The van der Waals surface area contributed by atoms with Gasteiger partial charge in [-0.1, -0.05) is 18.7 Å². The van der Waals surface area contributed by atoms with Gasteiger partial charge in [-0.05, 0) is 49.7 Å². The van der Waals surface area contributed by atoms with Crippen molar-refractivity contribution in [2.24, 2.45) is 5.92 Å². The highest BCUT2D eigenvalue weighted by molar-refractivity contribution is 7.15. The van der Waals surface area contributed by atoms with Crippen LogP contribution in [-0.2, 0) is 22.7 Å². The van der Waals surface area contributed by atoms with Gasteiger partial charge in [-0.2, -0.15) is 0 Å². The third-order valence-electron chi connectivity index (χ3n) is 4.93. The zero-order valence-corrected chi connectivity index (χ0v) is 17.3. The van der Waals surface area contributed by atoms with Crippen LogP contribution in [0.2, 0.25) is 0 Å². The lowest BCUT2D eigenvalue weighted by atomic mass is 9.96. The number of methoxy groups -OCH3 is 1. The molecule has 0 atom stereocenters. The molecular formula is C21H26N4O3S. The van der Waals surface area contributed by atoms with E-state index in [-0.39, 0.29) is 17.7 Å². The number of piperidine rings is 1. The third kappa shape index (κ3) is 6.13. The summed E-state index contributed by atoms with van der Waals surface area (Å²) in [7, 11) is 1.64. The van der Waals surface area contributed by atoms with Gasteiger partial charge in [0, 0.05) is 30.1 Å². The van der Waals surface area contributed by atoms with Gasteiger partial charge in [-0.3, -0.25) is 19.8 Å². The molecule has 2 aromatic rings. The summed E-state index contributed by atoms with van der Waals surface area (Å²) in [5.41, 5.74) is 1.06. The summed E-state index contributed by atoms with van der Waals surface area (Å²) < 4.78 is 5.15. The van der Waals surface area contributed by atoms with E-state index in [1.165, 1.54) is 17.4 Å². The number of benzene rings is 1. The van der Waals surface area contributed by atoms with Crippen molar-refractivity contribution in [1.29, 1.82) is 0 Å². The van der Waals surface area contributed by atoms with Crippen molar-refractivity contribution in [3.8, 4) is 5.75 Å². The number of rotatable bonds is 8. The molecule has 154 valence electrons. The largest absolute Gasteiger partial charge is 0.497 e. The van der Waals surface area contributed by atoms with E-state index in [0.29, 0.717) is 11.7 Å². The summed E-state index contributed by atoms with van der Waals surface area (Å²) >= 11 is 1.46. The van der Waals surface area contributed by atoms with Crippen molar-refractivity contribution in [2.75, 3.05) is 25.5 Å². The smallest absolute Gasteiger partial charge is 0.249 e. The van der Waals surface area contributed by atoms with E-state index in [4.69, 9.17) is 4.74 Å². The molecule has 7 nitrogen and oxygen atoms in total. The standard InChI is InChI=1S/C21H26N4O3S/c1-3-19(26)24-21-23-13-18(29-21)14-25-10-8-16(9-11-25)20(27)22-12-15-4-6-17(28-2)7-5-15/h3-7,13,16H,1,8-12,14H2,2H3,(H,22,27)(H,23,24,26). The number of nitrogens with one attached hydrogen (secondary N) is 2. The number of hydrogen-bond donors (Lipinski definition) is 2. The number of aromatic nitrogens is 1. The second-order valence-electron chi connectivity index (χ2n) is 6.94. The van der Waals surface area contributed by atoms with Crippen LogP contribution in [0.5, 0.6) is 5.75 Å². The number of ether oxygens (including phenoxy) is 1. The average molecular weight is 415 g/mol. The van der Waals surface area contributed by atoms with E-state index in [2.05, 4.69) is 27.1 Å². The fourth-order valence-corrected chi connectivity index (χ4v) is 4.10. The molecule has 0 aliphatic carbocycles. The molecule has 0 radical (unpaired) electrons. The van der Waals surface area contributed by atoms with Crippen LogP contribution in [0.15, 0.2) is 43.1 Å². The summed E-state index contributed by atoms with van der Waals surface area (Å²) in [6.45, 7) is 6.48. The van der Waals surface area contributed by atoms with E-state index < -0.39 is 0 Å². The van der Waals surface area contributed by atoms with Gasteiger partial charge in [0.05, 0.1) is 7.11 Å². The van der Waals surface area contributed by atoms with Gasteiger partial charge >= 0.3 is 0 Å². The number of carbonyl (C=O) groups excluding carboxylic acids is 2. The van der Waals surface area contributed by atoms with Gasteiger partial charge in [0.2, 0.25) is 11.8 Å². The van der Waals surface area contributed by atoms with E-state index in [0.717, 1.165) is 48.7 Å². The normalized spacial score (nSPS) is 14.9. The van der Waals surface area contributed by atoms with Crippen molar-refractivity contribution < 1.29 is 14.3 Å². The van der Waals surface area contributed by atoms with E-state index >= 15 is 0 Å². The first-order chi connectivity index (χ1) is 14.1. The highest BCUT2D eigenvalue weighted by atomic mass is 32.1. The summed E-state index contributed by atoms with van der Waals surface area (Å²) in [6, 6.07) is 7.71. The number of thiazole rings is 1. The van der Waals surface area contributed by atoms with Crippen molar-refractivity contribution in [3.05, 3.63) is 53.6 Å². The molecule has 0 unspecified atom stereocenters. The lowest BCUT2D eigenvalue weighted by Gasteiger charge is -2.30. The van der Waals surface area contributed by atoms with Crippen LogP contribution in [-0.4, -0.2) is 41.9 Å². The maximum Gasteiger partial charge on any atom is 0.249 e. The number of carbonyl (C=O) groups is 2. The highest BCUT2D eigenvalue weighted by Crippen LogP contribution is 2.23. The first kappa shape index (κ1) is 21.0. The molecule has 8 heteroatoms. The van der Waals surface area contributed by atoms with Crippen LogP contribution in [0.25, 0.3) is 0 Å². The van der Waals surface area contributed by atoms with Gasteiger partial charge in [0.1, 0.15) is 5.75 Å². The Bertz CT molecular complexity index is 842. The second-order valence-corrected chi connectivity index (χ2v) is 8.06. The summed E-state index contributed by atoms with van der Waals surface area (Å²) in [5, 5.41) is 6.30. The summed E-state index contributed by atoms with van der Waals surface area (Å²) in [4.78, 5) is 31.4. The van der Waals surface area contributed by atoms with Crippen LogP contribution < -0.4 is 15.4 Å². The van der Waals surface area contributed by atoms with Crippen molar-refractivity contribution in [2.45, 2.75) is 25.9 Å². The molecule has 1 aromatic heterocycles. The van der Waals surface area contributed by atoms with Crippen molar-refractivity contribution in [3.63, 3.8) is 0 Å². The fourth-order valence-electron chi connectivity index (χ4n) is 3.25. The third-order valence-corrected chi connectivity index (χ3v) is 5.83. The van der Waals surface area contributed by atoms with Crippen LogP contribution in [0.1, 0.15) is 23.3 Å². The molecule has 1 saturated heterocycles.